The Morgan fingerprint density at radius 2 is 1.11 bits per heavy atom. The molecule has 0 aliphatic carbocycles. The maximum Gasteiger partial charge on any atom is 0.101 e. The van der Waals surface area contributed by atoms with E-state index in [9.17, 15) is 21.0 Å². The molecule has 6 aromatic rings. The summed E-state index contributed by atoms with van der Waals surface area (Å²) in [4.78, 5) is 2.24. The Morgan fingerprint density at radius 3 is 1.80 bits per heavy atom. The number of hydrogen-bond donors (Lipinski definition) is 1. The van der Waals surface area contributed by atoms with Gasteiger partial charge >= 0.3 is 0 Å². The molecule has 0 bridgehead atoms. The Kier molecular flexibility index (Phi) is 6.23. The Bertz CT molecular complexity index is 2260. The van der Waals surface area contributed by atoms with Gasteiger partial charge in [0.15, 0.2) is 0 Å². The third-order valence-corrected chi connectivity index (χ3v) is 7.94. The summed E-state index contributed by atoms with van der Waals surface area (Å²) in [5.74, 6) is 0. The molecule has 6 aromatic carbocycles. The van der Waals surface area contributed by atoms with Gasteiger partial charge < -0.3 is 10.2 Å². The van der Waals surface area contributed by atoms with Crippen LogP contribution in [0.2, 0.25) is 0 Å². The lowest BCUT2D eigenvalue weighted by Crippen LogP contribution is -2.18. The average molecular weight is 561 g/mol. The number of nitrogens with zero attached hydrogens (tertiary/aromatic N) is 5. The number of benzene rings is 6. The number of anilines is 5. The maximum absolute atomic E-state index is 10.2. The van der Waals surface area contributed by atoms with Crippen molar-refractivity contribution in [2.45, 2.75) is 0 Å². The largest absolute Gasteiger partial charge is 0.352 e. The highest BCUT2D eigenvalue weighted by atomic mass is 15.2. The number of rotatable bonds is 3. The average Bonchev–Trinajstić information content (AvgIpc) is 3.09. The second kappa shape index (κ2) is 10.5. The van der Waals surface area contributed by atoms with Gasteiger partial charge in [-0.05, 0) is 58.3 Å². The van der Waals surface area contributed by atoms with E-state index in [0.717, 1.165) is 50.3 Å². The predicted octanol–water partition coefficient (Wildman–Crippen LogP) is 9.19. The molecule has 6 nitrogen and oxygen atoms in total. The summed E-state index contributed by atoms with van der Waals surface area (Å²) in [6.45, 7) is 0. The van der Waals surface area contributed by atoms with Gasteiger partial charge in [0, 0.05) is 16.8 Å². The first-order valence-corrected chi connectivity index (χ1v) is 13.9. The number of nitrogens with one attached hydrogen (secondary N) is 1. The first kappa shape index (κ1) is 26.1. The minimum atomic E-state index is 0.0562. The fourth-order valence-corrected chi connectivity index (χ4v) is 6.12. The molecular formula is C38H20N6. The van der Waals surface area contributed by atoms with Crippen molar-refractivity contribution in [3.05, 3.63) is 138 Å². The minimum absolute atomic E-state index is 0.0562. The lowest BCUT2D eigenvalue weighted by molar-refractivity contribution is 1.25. The summed E-state index contributed by atoms with van der Waals surface area (Å²) < 4.78 is 0. The topological polar surface area (TPSA) is 110 Å². The summed E-state index contributed by atoms with van der Waals surface area (Å²) in [5.41, 5.74) is 7.81. The van der Waals surface area contributed by atoms with Crippen molar-refractivity contribution in [2.75, 3.05) is 10.2 Å². The van der Waals surface area contributed by atoms with Crippen LogP contribution < -0.4 is 10.2 Å². The van der Waals surface area contributed by atoms with E-state index in [1.54, 1.807) is 0 Å². The summed E-state index contributed by atoms with van der Waals surface area (Å²) in [5, 5.41) is 45.6. The number of nitriles is 4. The molecule has 7 rings (SSSR count). The van der Waals surface area contributed by atoms with E-state index < -0.39 is 0 Å². The molecule has 0 radical (unpaired) electrons. The van der Waals surface area contributed by atoms with Crippen LogP contribution in [0.15, 0.2) is 115 Å². The highest BCUT2D eigenvalue weighted by Crippen LogP contribution is 2.53. The van der Waals surface area contributed by atoms with Crippen LogP contribution >= 0.6 is 0 Å². The van der Waals surface area contributed by atoms with Crippen molar-refractivity contribution in [3.8, 4) is 46.5 Å². The second-order valence-corrected chi connectivity index (χ2v) is 10.3. The van der Waals surface area contributed by atoms with Crippen LogP contribution in [0.3, 0.4) is 0 Å². The molecule has 1 heterocycles. The Hall–Kier alpha value is -6.86. The molecule has 0 fully saturated rings. The van der Waals surface area contributed by atoms with Crippen LogP contribution in [-0.4, -0.2) is 0 Å². The maximum atomic E-state index is 10.2. The van der Waals surface area contributed by atoms with Crippen molar-refractivity contribution in [1.29, 1.82) is 21.0 Å². The van der Waals surface area contributed by atoms with Gasteiger partial charge in [-0.25, -0.2) is 0 Å². The summed E-state index contributed by atoms with van der Waals surface area (Å²) in [7, 11) is 0. The van der Waals surface area contributed by atoms with Gasteiger partial charge in [0.1, 0.15) is 24.3 Å². The first-order chi connectivity index (χ1) is 21.7. The van der Waals surface area contributed by atoms with Gasteiger partial charge in [-0.1, -0.05) is 78.9 Å². The molecule has 44 heavy (non-hydrogen) atoms. The molecule has 0 amide bonds. The van der Waals surface area contributed by atoms with Crippen LogP contribution in [0, 0.1) is 45.3 Å². The molecule has 0 saturated carbocycles. The van der Waals surface area contributed by atoms with E-state index >= 15 is 0 Å². The molecule has 0 unspecified atom stereocenters. The third-order valence-electron chi connectivity index (χ3n) is 7.94. The lowest BCUT2D eigenvalue weighted by atomic mass is 9.84. The lowest BCUT2D eigenvalue weighted by Gasteiger charge is -2.36. The highest BCUT2D eigenvalue weighted by molar-refractivity contribution is 6.12. The monoisotopic (exact) mass is 560 g/mol. The van der Waals surface area contributed by atoms with Crippen LogP contribution in [0.1, 0.15) is 22.3 Å². The number of hydrogen-bond acceptors (Lipinski definition) is 6. The normalized spacial score (nSPS) is 11.2. The fourth-order valence-electron chi connectivity index (χ4n) is 6.12. The molecule has 0 spiro atoms. The van der Waals surface area contributed by atoms with E-state index in [2.05, 4.69) is 64.8 Å². The smallest absolute Gasteiger partial charge is 0.101 e. The van der Waals surface area contributed by atoms with Crippen LogP contribution in [0.4, 0.5) is 28.4 Å². The van der Waals surface area contributed by atoms with E-state index in [0.29, 0.717) is 5.56 Å². The standard InChI is InChI=1S/C38H20N6/c39-20-25-19-26(21-40)32(23-42)37(31(25)22-41)30-15-7-10-24-9-6-13-28(36(24)30)29-14-8-17-34-38(29)44(27-11-2-1-3-12-27)35-18-5-4-16-33(35)43-34/h1-19,43H. The van der Waals surface area contributed by atoms with Crippen molar-refractivity contribution in [3.63, 3.8) is 0 Å². The molecular weight excluding hydrogens is 540 g/mol. The van der Waals surface area contributed by atoms with Crippen molar-refractivity contribution < 1.29 is 0 Å². The molecule has 0 aromatic heterocycles. The first-order valence-electron chi connectivity index (χ1n) is 13.9. The zero-order valence-corrected chi connectivity index (χ0v) is 23.2. The SMILES string of the molecule is N#Cc1cc(C#N)c(C#N)c(-c2cccc3cccc(-c4cccc5c4N(c4ccccc4)c4ccccc4N5)c23)c1C#N. The van der Waals surface area contributed by atoms with E-state index in [4.69, 9.17) is 0 Å². The van der Waals surface area contributed by atoms with Crippen LogP contribution in [-0.2, 0) is 0 Å². The van der Waals surface area contributed by atoms with E-state index in [1.807, 2.05) is 78.9 Å². The van der Waals surface area contributed by atoms with Crippen molar-refractivity contribution in [1.82, 2.24) is 0 Å². The predicted molar refractivity (Wildman–Crippen MR) is 172 cm³/mol. The number of fused-ring (bicyclic) bond motifs is 3. The molecule has 1 aliphatic rings. The minimum Gasteiger partial charge on any atom is -0.352 e. The Balaban J connectivity index is 1.60. The van der Waals surface area contributed by atoms with Crippen molar-refractivity contribution >= 4 is 39.2 Å². The van der Waals surface area contributed by atoms with Gasteiger partial charge in [-0.15, -0.1) is 0 Å². The van der Waals surface area contributed by atoms with Crippen molar-refractivity contribution in [2.24, 2.45) is 0 Å². The molecule has 1 N–H and O–H groups in total. The molecule has 1 aliphatic heterocycles. The molecule has 0 atom stereocenters. The summed E-state index contributed by atoms with van der Waals surface area (Å²) in [6.07, 6.45) is 0. The Morgan fingerprint density at radius 1 is 0.523 bits per heavy atom. The van der Waals surface area contributed by atoms with Crippen LogP contribution in [0.25, 0.3) is 33.0 Å². The quantitative estimate of drug-likeness (QED) is 0.231. The second-order valence-electron chi connectivity index (χ2n) is 10.3. The highest BCUT2D eigenvalue weighted by Gasteiger charge is 2.28. The van der Waals surface area contributed by atoms with Gasteiger partial charge in [0.05, 0.1) is 45.0 Å². The molecule has 202 valence electrons. The zero-order valence-electron chi connectivity index (χ0n) is 23.2. The number of para-hydroxylation sites is 4. The molecule has 6 heteroatoms. The summed E-state index contributed by atoms with van der Waals surface area (Å²) >= 11 is 0. The Labute approximate surface area is 254 Å². The van der Waals surface area contributed by atoms with E-state index in [1.165, 1.54) is 6.07 Å². The van der Waals surface area contributed by atoms with E-state index in [-0.39, 0.29) is 27.8 Å². The van der Waals surface area contributed by atoms with Gasteiger partial charge in [-0.2, -0.15) is 21.0 Å². The van der Waals surface area contributed by atoms with Gasteiger partial charge in [0.2, 0.25) is 0 Å². The van der Waals surface area contributed by atoms with Gasteiger partial charge in [-0.3, -0.25) is 0 Å². The fraction of sp³-hybridized carbons (Fsp3) is 0. The summed E-state index contributed by atoms with van der Waals surface area (Å²) in [6, 6.07) is 45.9. The third kappa shape index (κ3) is 3.93. The van der Waals surface area contributed by atoms with Gasteiger partial charge in [0.25, 0.3) is 0 Å². The molecule has 0 saturated heterocycles. The van der Waals surface area contributed by atoms with Crippen LogP contribution in [0.5, 0.6) is 0 Å². The zero-order chi connectivity index (χ0) is 30.2.